The van der Waals surface area contributed by atoms with Crippen molar-refractivity contribution in [3.05, 3.63) is 42.2 Å². The highest BCUT2D eigenvalue weighted by Gasteiger charge is 2.15. The first-order valence-electron chi connectivity index (χ1n) is 5.18. The monoisotopic (exact) mass is 219 g/mol. The topological polar surface area (TPSA) is 12.9 Å². The van der Waals surface area contributed by atoms with Crippen LogP contribution in [-0.4, -0.2) is 10.4 Å². The van der Waals surface area contributed by atoms with Gasteiger partial charge in [-0.15, -0.1) is 11.6 Å². The van der Waals surface area contributed by atoms with E-state index in [-0.39, 0.29) is 11.3 Å². The van der Waals surface area contributed by atoms with Crippen LogP contribution in [0.25, 0.3) is 10.8 Å². The molecule has 2 unspecified atom stereocenters. The van der Waals surface area contributed by atoms with Gasteiger partial charge in [0, 0.05) is 22.9 Å². The van der Waals surface area contributed by atoms with Gasteiger partial charge in [-0.2, -0.15) is 0 Å². The van der Waals surface area contributed by atoms with Crippen LogP contribution in [-0.2, 0) is 0 Å². The van der Waals surface area contributed by atoms with E-state index in [1.165, 1.54) is 10.8 Å². The van der Waals surface area contributed by atoms with Gasteiger partial charge in [0.2, 0.25) is 0 Å². The fourth-order valence-electron chi connectivity index (χ4n) is 1.72. The van der Waals surface area contributed by atoms with Gasteiger partial charge < -0.3 is 0 Å². The zero-order chi connectivity index (χ0) is 10.8. The largest absolute Gasteiger partial charge is 0.260 e. The molecule has 0 saturated carbocycles. The molecule has 0 fully saturated rings. The third-order valence-electron chi connectivity index (χ3n) is 2.82. The molecule has 0 saturated heterocycles. The summed E-state index contributed by atoms with van der Waals surface area (Å²) in [6, 6.07) is 10.3. The molecule has 2 rings (SSSR count). The summed E-state index contributed by atoms with van der Waals surface area (Å²) < 4.78 is 0. The van der Waals surface area contributed by atoms with E-state index in [0.29, 0.717) is 0 Å². The predicted octanol–water partition coefficient (Wildman–Crippen LogP) is 3.97. The fraction of sp³-hybridized carbons (Fsp3) is 0.308. The molecule has 0 radical (unpaired) electrons. The van der Waals surface area contributed by atoms with Gasteiger partial charge in [0.1, 0.15) is 0 Å². The van der Waals surface area contributed by atoms with Gasteiger partial charge in [0.15, 0.2) is 0 Å². The molecule has 1 aromatic carbocycles. The molecule has 1 aromatic heterocycles. The Morgan fingerprint density at radius 1 is 1.13 bits per heavy atom. The smallest absolute Gasteiger partial charge is 0.0524 e. The normalized spacial score (nSPS) is 15.1. The number of hydrogen-bond acceptors (Lipinski definition) is 1. The first-order valence-corrected chi connectivity index (χ1v) is 5.61. The lowest BCUT2D eigenvalue weighted by molar-refractivity contribution is 0.724. The van der Waals surface area contributed by atoms with Crippen LogP contribution in [0.4, 0.5) is 0 Å². The van der Waals surface area contributed by atoms with Gasteiger partial charge in [-0.1, -0.05) is 31.2 Å². The Hall–Kier alpha value is -1.08. The highest BCUT2D eigenvalue weighted by molar-refractivity contribution is 6.21. The van der Waals surface area contributed by atoms with Crippen LogP contribution in [0.2, 0.25) is 0 Å². The number of halogens is 1. The average molecular weight is 220 g/mol. The molecule has 0 amide bonds. The molecule has 0 bridgehead atoms. The van der Waals surface area contributed by atoms with Crippen molar-refractivity contribution in [2.24, 2.45) is 0 Å². The Balaban J connectivity index is 2.60. The minimum atomic E-state index is 0.100. The van der Waals surface area contributed by atoms with E-state index in [1.807, 2.05) is 31.3 Å². The molecule has 2 atom stereocenters. The van der Waals surface area contributed by atoms with E-state index in [0.717, 1.165) is 5.69 Å². The van der Waals surface area contributed by atoms with Crippen molar-refractivity contribution in [2.45, 2.75) is 25.1 Å². The summed E-state index contributed by atoms with van der Waals surface area (Å²) in [5.41, 5.74) is 1.09. The zero-order valence-corrected chi connectivity index (χ0v) is 9.70. The predicted molar refractivity (Wildman–Crippen MR) is 65.5 cm³/mol. The molecule has 0 aliphatic carbocycles. The zero-order valence-electron chi connectivity index (χ0n) is 8.94. The summed E-state index contributed by atoms with van der Waals surface area (Å²) in [6.45, 7) is 4.13. The third-order valence-corrected chi connectivity index (χ3v) is 3.20. The molecule has 1 nitrogen and oxygen atoms in total. The van der Waals surface area contributed by atoms with Crippen LogP contribution < -0.4 is 0 Å². The minimum absolute atomic E-state index is 0.100. The van der Waals surface area contributed by atoms with Crippen molar-refractivity contribution in [1.29, 1.82) is 0 Å². The van der Waals surface area contributed by atoms with Crippen LogP contribution in [0, 0.1) is 0 Å². The average Bonchev–Trinajstić information content (AvgIpc) is 2.27. The maximum Gasteiger partial charge on any atom is 0.0524 e. The number of rotatable bonds is 2. The molecule has 0 N–H and O–H groups in total. The van der Waals surface area contributed by atoms with Gasteiger partial charge in [-0.05, 0) is 18.4 Å². The van der Waals surface area contributed by atoms with E-state index < -0.39 is 0 Å². The number of nitrogens with zero attached hydrogens (tertiary/aromatic N) is 1. The standard InChI is InChI=1S/C13H14ClN/c1-9(10(2)14)13-12-6-4-3-5-11(12)7-8-15-13/h3-10H,1-2H3. The number of aromatic nitrogens is 1. The van der Waals surface area contributed by atoms with Crippen LogP contribution in [0.1, 0.15) is 25.5 Å². The van der Waals surface area contributed by atoms with E-state index in [4.69, 9.17) is 11.6 Å². The van der Waals surface area contributed by atoms with Crippen molar-refractivity contribution in [3.63, 3.8) is 0 Å². The van der Waals surface area contributed by atoms with Crippen LogP contribution in [0.15, 0.2) is 36.5 Å². The Bertz CT molecular complexity index is 460. The first kappa shape index (κ1) is 10.4. The fourth-order valence-corrected chi connectivity index (χ4v) is 1.84. The second kappa shape index (κ2) is 4.19. The second-order valence-corrected chi connectivity index (χ2v) is 4.57. The number of hydrogen-bond donors (Lipinski definition) is 0. The van der Waals surface area contributed by atoms with E-state index in [2.05, 4.69) is 24.0 Å². The molecule has 0 spiro atoms. The van der Waals surface area contributed by atoms with Crippen molar-refractivity contribution in [1.82, 2.24) is 4.98 Å². The highest BCUT2D eigenvalue weighted by atomic mass is 35.5. The maximum absolute atomic E-state index is 6.12. The second-order valence-electron chi connectivity index (χ2n) is 3.88. The SMILES string of the molecule is CC(Cl)C(C)c1nccc2ccccc12. The maximum atomic E-state index is 6.12. The summed E-state index contributed by atoms with van der Waals surface area (Å²) in [5.74, 6) is 0.276. The molecule has 2 aromatic rings. The summed E-state index contributed by atoms with van der Waals surface area (Å²) in [6.07, 6.45) is 1.85. The Kier molecular flexibility index (Phi) is 2.92. The summed E-state index contributed by atoms with van der Waals surface area (Å²) in [7, 11) is 0. The summed E-state index contributed by atoms with van der Waals surface area (Å²) in [5, 5.41) is 2.54. The van der Waals surface area contributed by atoms with E-state index in [1.54, 1.807) is 0 Å². The number of pyridine rings is 1. The van der Waals surface area contributed by atoms with Crippen LogP contribution >= 0.6 is 11.6 Å². The molecular formula is C13H14ClN. The van der Waals surface area contributed by atoms with Crippen LogP contribution in [0.5, 0.6) is 0 Å². The lowest BCUT2D eigenvalue weighted by Gasteiger charge is -2.15. The number of benzene rings is 1. The van der Waals surface area contributed by atoms with Crippen LogP contribution in [0.3, 0.4) is 0 Å². The van der Waals surface area contributed by atoms with Gasteiger partial charge in [0.05, 0.1) is 5.69 Å². The lowest BCUT2D eigenvalue weighted by Crippen LogP contribution is -2.07. The highest BCUT2D eigenvalue weighted by Crippen LogP contribution is 2.27. The lowest BCUT2D eigenvalue weighted by atomic mass is 9.98. The van der Waals surface area contributed by atoms with Crippen molar-refractivity contribution in [2.75, 3.05) is 0 Å². The third kappa shape index (κ3) is 1.98. The van der Waals surface area contributed by atoms with Crippen molar-refractivity contribution < 1.29 is 0 Å². The summed E-state index contributed by atoms with van der Waals surface area (Å²) >= 11 is 6.12. The van der Waals surface area contributed by atoms with Gasteiger partial charge in [-0.3, -0.25) is 4.98 Å². The van der Waals surface area contributed by atoms with Gasteiger partial charge >= 0.3 is 0 Å². The molecular weight excluding hydrogens is 206 g/mol. The Morgan fingerprint density at radius 3 is 2.60 bits per heavy atom. The molecule has 1 heterocycles. The van der Waals surface area contributed by atoms with Crippen molar-refractivity contribution >= 4 is 22.4 Å². The number of alkyl halides is 1. The van der Waals surface area contributed by atoms with Gasteiger partial charge in [0.25, 0.3) is 0 Å². The van der Waals surface area contributed by atoms with E-state index in [9.17, 15) is 0 Å². The summed E-state index contributed by atoms with van der Waals surface area (Å²) in [4.78, 5) is 4.44. The molecule has 0 aliphatic rings. The minimum Gasteiger partial charge on any atom is -0.260 e. The quantitative estimate of drug-likeness (QED) is 0.697. The first-order chi connectivity index (χ1) is 7.20. The van der Waals surface area contributed by atoms with E-state index >= 15 is 0 Å². The Labute approximate surface area is 95.1 Å². The Morgan fingerprint density at radius 2 is 1.87 bits per heavy atom. The van der Waals surface area contributed by atoms with Crippen molar-refractivity contribution in [3.8, 4) is 0 Å². The number of fused-ring (bicyclic) bond motifs is 1. The molecule has 15 heavy (non-hydrogen) atoms. The molecule has 2 heteroatoms. The van der Waals surface area contributed by atoms with Gasteiger partial charge in [-0.25, -0.2) is 0 Å². The molecule has 78 valence electrons. The molecule has 0 aliphatic heterocycles.